The Labute approximate surface area is 126 Å². The summed E-state index contributed by atoms with van der Waals surface area (Å²) in [5.74, 6) is 5.46. The van der Waals surface area contributed by atoms with Crippen LogP contribution < -0.4 is 5.32 Å². The minimum atomic E-state index is -0.169. The standard InChI is InChI=1S/C18H23NO2/c1-14-10-11-15(7-6-12-20)13-17(14)18(21)19-16-8-4-2-3-5-9-16/h10-11,13,16,20H,2-5,8-9,12H2,1H3,(H,19,21). The van der Waals surface area contributed by atoms with Crippen molar-refractivity contribution in [1.82, 2.24) is 5.32 Å². The molecule has 0 aliphatic heterocycles. The van der Waals surface area contributed by atoms with Crippen LogP contribution in [0, 0.1) is 18.8 Å². The Balaban J connectivity index is 2.10. The molecular weight excluding hydrogens is 262 g/mol. The normalized spacial score (nSPS) is 15.7. The fourth-order valence-electron chi connectivity index (χ4n) is 2.77. The Bertz CT molecular complexity index is 546. The Morgan fingerprint density at radius 3 is 2.67 bits per heavy atom. The van der Waals surface area contributed by atoms with Crippen LogP contribution in [-0.2, 0) is 0 Å². The van der Waals surface area contributed by atoms with Gasteiger partial charge in [-0.25, -0.2) is 0 Å². The summed E-state index contributed by atoms with van der Waals surface area (Å²) in [4.78, 5) is 12.5. The molecule has 21 heavy (non-hydrogen) atoms. The highest BCUT2D eigenvalue weighted by Gasteiger charge is 2.17. The molecule has 0 spiro atoms. The summed E-state index contributed by atoms with van der Waals surface area (Å²) in [6, 6.07) is 5.89. The summed E-state index contributed by atoms with van der Waals surface area (Å²) in [6.45, 7) is 1.77. The lowest BCUT2D eigenvalue weighted by Gasteiger charge is -2.17. The number of hydrogen-bond donors (Lipinski definition) is 2. The molecule has 3 heteroatoms. The first-order valence-corrected chi connectivity index (χ1v) is 7.72. The van der Waals surface area contributed by atoms with Gasteiger partial charge in [-0.3, -0.25) is 4.79 Å². The molecule has 1 aliphatic carbocycles. The smallest absolute Gasteiger partial charge is 0.251 e. The molecule has 1 amide bonds. The molecule has 3 nitrogen and oxygen atoms in total. The van der Waals surface area contributed by atoms with Crippen molar-refractivity contribution < 1.29 is 9.90 Å². The van der Waals surface area contributed by atoms with E-state index in [1.807, 2.05) is 25.1 Å². The van der Waals surface area contributed by atoms with Gasteiger partial charge in [0.1, 0.15) is 6.61 Å². The van der Waals surface area contributed by atoms with Gasteiger partial charge in [0.2, 0.25) is 0 Å². The van der Waals surface area contributed by atoms with Gasteiger partial charge < -0.3 is 10.4 Å². The van der Waals surface area contributed by atoms with Gasteiger partial charge in [0.15, 0.2) is 0 Å². The predicted molar refractivity (Wildman–Crippen MR) is 84.1 cm³/mol. The summed E-state index contributed by atoms with van der Waals surface area (Å²) in [5.41, 5.74) is 2.40. The predicted octanol–water partition coefficient (Wildman–Crippen LogP) is 2.79. The van der Waals surface area contributed by atoms with Crippen molar-refractivity contribution in [3.8, 4) is 11.8 Å². The summed E-state index contributed by atoms with van der Waals surface area (Å²) in [5, 5.41) is 11.9. The average Bonchev–Trinajstić information content (AvgIpc) is 2.75. The molecule has 1 fully saturated rings. The third-order valence-corrected chi connectivity index (χ3v) is 3.98. The van der Waals surface area contributed by atoms with Gasteiger partial charge in [0.05, 0.1) is 0 Å². The minimum Gasteiger partial charge on any atom is -0.384 e. The first-order chi connectivity index (χ1) is 10.2. The number of rotatable bonds is 2. The fourth-order valence-corrected chi connectivity index (χ4v) is 2.77. The number of aliphatic hydroxyl groups excluding tert-OH is 1. The van der Waals surface area contributed by atoms with E-state index in [2.05, 4.69) is 17.2 Å². The Kier molecular flexibility index (Phi) is 5.83. The number of nitrogens with one attached hydrogen (secondary N) is 1. The van der Waals surface area contributed by atoms with Crippen LogP contribution >= 0.6 is 0 Å². The molecule has 0 radical (unpaired) electrons. The molecule has 1 aromatic carbocycles. The van der Waals surface area contributed by atoms with Crippen molar-refractivity contribution in [1.29, 1.82) is 0 Å². The highest BCUT2D eigenvalue weighted by molar-refractivity contribution is 5.96. The van der Waals surface area contributed by atoms with Crippen LogP contribution in [0.4, 0.5) is 0 Å². The Morgan fingerprint density at radius 2 is 2.00 bits per heavy atom. The third kappa shape index (κ3) is 4.61. The maximum absolute atomic E-state index is 12.5. The second-order valence-corrected chi connectivity index (χ2v) is 5.65. The Morgan fingerprint density at radius 1 is 1.29 bits per heavy atom. The molecule has 0 heterocycles. The van der Waals surface area contributed by atoms with Gasteiger partial charge in [-0.2, -0.15) is 0 Å². The number of aliphatic hydroxyl groups is 1. The molecule has 2 rings (SSSR count). The van der Waals surface area contributed by atoms with E-state index in [4.69, 9.17) is 5.11 Å². The zero-order valence-corrected chi connectivity index (χ0v) is 12.6. The zero-order valence-electron chi connectivity index (χ0n) is 12.6. The molecule has 1 saturated carbocycles. The van der Waals surface area contributed by atoms with Crippen molar-refractivity contribution in [3.05, 3.63) is 34.9 Å². The van der Waals surface area contributed by atoms with E-state index in [1.54, 1.807) is 0 Å². The number of amides is 1. The number of aryl methyl sites for hydroxylation is 1. The lowest BCUT2D eigenvalue weighted by molar-refractivity contribution is 0.0932. The van der Waals surface area contributed by atoms with E-state index in [1.165, 1.54) is 25.7 Å². The van der Waals surface area contributed by atoms with E-state index in [0.717, 1.165) is 24.0 Å². The molecule has 0 unspecified atom stereocenters. The lowest BCUT2D eigenvalue weighted by atomic mass is 10.0. The van der Waals surface area contributed by atoms with Crippen molar-refractivity contribution in [2.24, 2.45) is 0 Å². The van der Waals surface area contributed by atoms with Gasteiger partial charge in [0.25, 0.3) is 5.91 Å². The first kappa shape index (κ1) is 15.6. The lowest BCUT2D eigenvalue weighted by Crippen LogP contribution is -2.34. The summed E-state index contributed by atoms with van der Waals surface area (Å²) >= 11 is 0. The van der Waals surface area contributed by atoms with E-state index in [-0.39, 0.29) is 12.5 Å². The van der Waals surface area contributed by atoms with Crippen LogP contribution in [0.5, 0.6) is 0 Å². The van der Waals surface area contributed by atoms with Gasteiger partial charge in [-0.05, 0) is 37.5 Å². The third-order valence-electron chi connectivity index (χ3n) is 3.98. The van der Waals surface area contributed by atoms with Crippen LogP contribution in [0.15, 0.2) is 18.2 Å². The van der Waals surface area contributed by atoms with Crippen molar-refractivity contribution in [2.75, 3.05) is 6.61 Å². The Hall–Kier alpha value is -1.79. The average molecular weight is 285 g/mol. The SMILES string of the molecule is Cc1ccc(C#CCO)cc1C(=O)NC1CCCCCC1. The number of carbonyl (C=O) groups is 1. The summed E-state index contributed by atoms with van der Waals surface area (Å²) in [6.07, 6.45) is 7.11. The van der Waals surface area contributed by atoms with Crippen LogP contribution in [0.1, 0.15) is 60.0 Å². The number of carbonyl (C=O) groups excluding carboxylic acids is 1. The highest BCUT2D eigenvalue weighted by Crippen LogP contribution is 2.18. The summed E-state index contributed by atoms with van der Waals surface area (Å²) in [7, 11) is 0. The van der Waals surface area contributed by atoms with Gasteiger partial charge in [-0.15, -0.1) is 0 Å². The molecule has 0 aromatic heterocycles. The number of benzene rings is 1. The van der Waals surface area contributed by atoms with E-state index in [9.17, 15) is 4.79 Å². The monoisotopic (exact) mass is 285 g/mol. The van der Waals surface area contributed by atoms with Gasteiger partial charge in [-0.1, -0.05) is 43.6 Å². The number of hydrogen-bond acceptors (Lipinski definition) is 2. The highest BCUT2D eigenvalue weighted by atomic mass is 16.2. The van der Waals surface area contributed by atoms with E-state index < -0.39 is 0 Å². The van der Waals surface area contributed by atoms with Crippen molar-refractivity contribution >= 4 is 5.91 Å². The molecule has 1 aromatic rings. The molecule has 0 saturated heterocycles. The van der Waals surface area contributed by atoms with E-state index >= 15 is 0 Å². The summed E-state index contributed by atoms with van der Waals surface area (Å²) < 4.78 is 0. The van der Waals surface area contributed by atoms with Crippen molar-refractivity contribution in [3.63, 3.8) is 0 Å². The molecular formula is C18H23NO2. The van der Waals surface area contributed by atoms with Crippen LogP contribution in [0.2, 0.25) is 0 Å². The van der Waals surface area contributed by atoms with Crippen molar-refractivity contribution in [2.45, 2.75) is 51.5 Å². The second-order valence-electron chi connectivity index (χ2n) is 5.65. The topological polar surface area (TPSA) is 49.3 Å². The largest absolute Gasteiger partial charge is 0.384 e. The molecule has 112 valence electrons. The quantitative estimate of drug-likeness (QED) is 0.648. The van der Waals surface area contributed by atoms with E-state index in [0.29, 0.717) is 11.6 Å². The van der Waals surface area contributed by atoms with Crippen LogP contribution in [-0.4, -0.2) is 23.7 Å². The molecule has 2 N–H and O–H groups in total. The zero-order chi connectivity index (χ0) is 15.1. The maximum atomic E-state index is 12.5. The fraction of sp³-hybridized carbons (Fsp3) is 0.500. The second kappa shape index (κ2) is 7.85. The molecule has 0 atom stereocenters. The molecule has 0 bridgehead atoms. The van der Waals surface area contributed by atoms with Gasteiger partial charge >= 0.3 is 0 Å². The van der Waals surface area contributed by atoms with Crippen LogP contribution in [0.25, 0.3) is 0 Å². The maximum Gasteiger partial charge on any atom is 0.251 e. The van der Waals surface area contributed by atoms with Gasteiger partial charge in [0, 0.05) is 17.2 Å². The molecule has 1 aliphatic rings. The first-order valence-electron chi connectivity index (χ1n) is 7.72. The van der Waals surface area contributed by atoms with Crippen LogP contribution in [0.3, 0.4) is 0 Å². The minimum absolute atomic E-state index is 0.00736.